The molecule has 0 bridgehead atoms. The summed E-state index contributed by atoms with van der Waals surface area (Å²) in [5, 5.41) is 3.56. The maximum atomic E-state index is 6.52. The number of fused-ring (bicyclic) bond motifs is 2. The van der Waals surface area contributed by atoms with E-state index in [-0.39, 0.29) is 0 Å². The van der Waals surface area contributed by atoms with Crippen LogP contribution in [0.5, 0.6) is 0 Å². The van der Waals surface area contributed by atoms with Gasteiger partial charge < -0.3 is 4.42 Å². The van der Waals surface area contributed by atoms with E-state index < -0.39 is 0 Å². The van der Waals surface area contributed by atoms with Crippen LogP contribution >= 0.6 is 0 Å². The van der Waals surface area contributed by atoms with Crippen molar-refractivity contribution >= 4 is 33.4 Å². The van der Waals surface area contributed by atoms with Crippen LogP contribution < -0.4 is 0 Å². The van der Waals surface area contributed by atoms with Crippen molar-refractivity contribution in [3.05, 3.63) is 198 Å². The van der Waals surface area contributed by atoms with E-state index >= 15 is 0 Å². The van der Waals surface area contributed by atoms with Crippen LogP contribution in [0.4, 0.5) is 0 Å². The van der Waals surface area contributed by atoms with Gasteiger partial charge in [-0.15, -0.1) is 0 Å². The predicted molar refractivity (Wildman–Crippen MR) is 237 cm³/mol. The zero-order chi connectivity index (χ0) is 39.2. The second kappa shape index (κ2) is 16.6. The summed E-state index contributed by atoms with van der Waals surface area (Å²) in [6.07, 6.45) is 7.88. The Hall–Kier alpha value is -6.91. The molecule has 0 saturated carbocycles. The van der Waals surface area contributed by atoms with Gasteiger partial charge >= 0.3 is 0 Å². The molecule has 0 aliphatic rings. The van der Waals surface area contributed by atoms with Crippen molar-refractivity contribution in [2.45, 2.75) is 34.6 Å². The molecule has 0 amide bonds. The molecular formula is C52H45N3O. The van der Waals surface area contributed by atoms with E-state index in [2.05, 4.69) is 114 Å². The molecule has 2 heterocycles. The minimum Gasteiger partial charge on any atom is -0.455 e. The van der Waals surface area contributed by atoms with Crippen LogP contribution in [-0.4, -0.2) is 15.0 Å². The summed E-state index contributed by atoms with van der Waals surface area (Å²) in [5.41, 5.74) is 13.2. The van der Waals surface area contributed by atoms with E-state index in [0.29, 0.717) is 17.5 Å². The molecule has 0 aliphatic carbocycles. The second-order valence-corrected chi connectivity index (χ2v) is 13.9. The van der Waals surface area contributed by atoms with Crippen molar-refractivity contribution in [3.8, 4) is 45.3 Å². The van der Waals surface area contributed by atoms with Gasteiger partial charge in [0.25, 0.3) is 0 Å². The Bertz CT molecular complexity index is 2700. The van der Waals surface area contributed by atoms with E-state index in [1.165, 1.54) is 33.0 Å². The Morgan fingerprint density at radius 2 is 1.11 bits per heavy atom. The highest BCUT2D eigenvalue weighted by molar-refractivity contribution is 6.09. The van der Waals surface area contributed by atoms with Crippen LogP contribution in [0, 0.1) is 20.8 Å². The summed E-state index contributed by atoms with van der Waals surface area (Å²) in [6.45, 7) is 18.5. The van der Waals surface area contributed by atoms with Crippen LogP contribution in [0.1, 0.15) is 41.9 Å². The third-order valence-electron chi connectivity index (χ3n) is 10.0. The lowest BCUT2D eigenvalue weighted by Crippen LogP contribution is -2.00. The van der Waals surface area contributed by atoms with Crippen molar-refractivity contribution in [1.29, 1.82) is 0 Å². The molecule has 274 valence electrons. The molecule has 8 rings (SSSR count). The van der Waals surface area contributed by atoms with Crippen molar-refractivity contribution in [2.24, 2.45) is 0 Å². The summed E-state index contributed by atoms with van der Waals surface area (Å²) in [5.74, 6) is 2.84. The van der Waals surface area contributed by atoms with Gasteiger partial charge in [0.15, 0.2) is 17.5 Å². The number of nitrogens with zero attached hydrogens (tertiary/aromatic N) is 3. The number of rotatable bonds is 8. The van der Waals surface area contributed by atoms with Gasteiger partial charge in [-0.05, 0) is 79.3 Å². The summed E-state index contributed by atoms with van der Waals surface area (Å²) >= 11 is 0. The van der Waals surface area contributed by atoms with Gasteiger partial charge in [0, 0.05) is 33.2 Å². The largest absolute Gasteiger partial charge is 0.455 e. The van der Waals surface area contributed by atoms with Gasteiger partial charge in [-0.1, -0.05) is 170 Å². The number of furan rings is 1. The summed E-state index contributed by atoms with van der Waals surface area (Å²) < 4.78 is 6.52. The second-order valence-electron chi connectivity index (χ2n) is 13.9. The molecular weight excluding hydrogens is 683 g/mol. The standard InChI is InChI=1S/C30H28O.C22H17N3/c1-7-12-23(19(4)8-2)29-25-18-16-21(6)28(30(25)31-26(29)9-3)27-20(5)15-17-22-13-10-11-14-24(22)27;1-16-12-14-19(15-13-16)22-24-20(17-8-4-2-5-9-17)23-21(25-22)18-10-6-3-7-11-18/h7-18H,2-3H2,1,4-6H3;2-15H,1H3/b12-7-,23-19+;. The zero-order valence-corrected chi connectivity index (χ0v) is 32.7. The highest BCUT2D eigenvalue weighted by Crippen LogP contribution is 2.43. The molecule has 0 spiro atoms. The molecule has 0 radical (unpaired) electrons. The average Bonchev–Trinajstić information content (AvgIpc) is 3.62. The first-order valence-electron chi connectivity index (χ1n) is 18.9. The normalized spacial score (nSPS) is 11.7. The minimum absolute atomic E-state index is 0.685. The topological polar surface area (TPSA) is 51.8 Å². The van der Waals surface area contributed by atoms with E-state index in [4.69, 9.17) is 19.4 Å². The molecule has 4 nitrogen and oxygen atoms in total. The van der Waals surface area contributed by atoms with Gasteiger partial charge in [-0.3, -0.25) is 0 Å². The highest BCUT2D eigenvalue weighted by Gasteiger charge is 2.22. The first-order valence-corrected chi connectivity index (χ1v) is 18.9. The van der Waals surface area contributed by atoms with Crippen LogP contribution in [-0.2, 0) is 0 Å². The minimum atomic E-state index is 0.685. The van der Waals surface area contributed by atoms with E-state index in [1.54, 1.807) is 0 Å². The van der Waals surface area contributed by atoms with Crippen LogP contribution in [0.25, 0.3) is 78.7 Å². The van der Waals surface area contributed by atoms with E-state index in [9.17, 15) is 0 Å². The molecule has 0 atom stereocenters. The lowest BCUT2D eigenvalue weighted by atomic mass is 9.89. The molecule has 0 N–H and O–H groups in total. The molecule has 4 heteroatoms. The predicted octanol–water partition coefficient (Wildman–Crippen LogP) is 14.2. The molecule has 0 saturated heterocycles. The number of allylic oxidation sites excluding steroid dienone is 5. The van der Waals surface area contributed by atoms with Crippen LogP contribution in [0.15, 0.2) is 175 Å². The Labute approximate surface area is 330 Å². The number of benzene rings is 6. The van der Waals surface area contributed by atoms with Gasteiger partial charge in [-0.2, -0.15) is 0 Å². The Morgan fingerprint density at radius 3 is 1.68 bits per heavy atom. The van der Waals surface area contributed by atoms with E-state index in [0.717, 1.165) is 55.7 Å². The van der Waals surface area contributed by atoms with Gasteiger partial charge in [0.2, 0.25) is 0 Å². The molecule has 6 aromatic carbocycles. The van der Waals surface area contributed by atoms with Gasteiger partial charge in [-0.25, -0.2) is 15.0 Å². The van der Waals surface area contributed by atoms with Crippen molar-refractivity contribution in [2.75, 3.05) is 0 Å². The summed E-state index contributed by atoms with van der Waals surface area (Å²) in [6, 6.07) is 45.6. The molecule has 0 unspecified atom stereocenters. The smallest absolute Gasteiger partial charge is 0.164 e. The van der Waals surface area contributed by atoms with E-state index in [1.807, 2.05) is 91.9 Å². The van der Waals surface area contributed by atoms with Gasteiger partial charge in [0.05, 0.1) is 0 Å². The Kier molecular flexibility index (Phi) is 11.1. The maximum absolute atomic E-state index is 6.52. The average molecular weight is 728 g/mol. The lowest BCUT2D eigenvalue weighted by Gasteiger charge is -2.14. The van der Waals surface area contributed by atoms with Crippen LogP contribution in [0.2, 0.25) is 0 Å². The fourth-order valence-electron chi connectivity index (χ4n) is 7.05. The summed E-state index contributed by atoms with van der Waals surface area (Å²) in [4.78, 5) is 14.1. The number of aryl methyl sites for hydroxylation is 3. The first kappa shape index (κ1) is 37.4. The molecule has 8 aromatic rings. The zero-order valence-electron chi connectivity index (χ0n) is 32.7. The van der Waals surface area contributed by atoms with Crippen molar-refractivity contribution in [1.82, 2.24) is 15.0 Å². The number of aromatic nitrogens is 3. The van der Waals surface area contributed by atoms with Gasteiger partial charge in [0.1, 0.15) is 11.3 Å². The first-order chi connectivity index (χ1) is 27.3. The molecule has 56 heavy (non-hydrogen) atoms. The molecule has 0 fully saturated rings. The third kappa shape index (κ3) is 7.55. The molecule has 0 aliphatic heterocycles. The maximum Gasteiger partial charge on any atom is 0.164 e. The SMILES string of the molecule is C=C/C(C)=C(\C=C/C)c1c(C=C)oc2c(-c3c(C)ccc4ccccc34)c(C)ccc12.Cc1ccc(-c2nc(-c3ccccc3)nc(-c3ccccc3)n2)cc1. The number of hydrogen-bond donors (Lipinski definition) is 0. The third-order valence-corrected chi connectivity index (χ3v) is 10.0. The van der Waals surface area contributed by atoms with Crippen molar-refractivity contribution in [3.63, 3.8) is 0 Å². The Morgan fingerprint density at radius 1 is 0.571 bits per heavy atom. The van der Waals surface area contributed by atoms with Crippen LogP contribution in [0.3, 0.4) is 0 Å². The van der Waals surface area contributed by atoms with Crippen molar-refractivity contribution < 1.29 is 4.42 Å². The number of hydrogen-bond acceptors (Lipinski definition) is 4. The summed E-state index contributed by atoms with van der Waals surface area (Å²) in [7, 11) is 0. The lowest BCUT2D eigenvalue weighted by molar-refractivity contribution is 0.604. The quantitative estimate of drug-likeness (QED) is 0.146. The highest BCUT2D eigenvalue weighted by atomic mass is 16.3. The fraction of sp³-hybridized carbons (Fsp3) is 0.0962. The Balaban J connectivity index is 0.000000175. The molecule has 2 aromatic heterocycles. The fourth-order valence-corrected chi connectivity index (χ4v) is 7.05. The monoisotopic (exact) mass is 727 g/mol.